The number of para-hydroxylation sites is 1. The number of sulfonamides is 1. The summed E-state index contributed by atoms with van der Waals surface area (Å²) in [5.74, 6) is 0. The zero-order valence-corrected chi connectivity index (χ0v) is 16.3. The minimum absolute atomic E-state index is 0.104. The molecule has 0 bridgehead atoms. The van der Waals surface area contributed by atoms with Crippen molar-refractivity contribution in [3.8, 4) is 5.69 Å². The van der Waals surface area contributed by atoms with E-state index in [4.69, 9.17) is 0 Å². The molecular formula is C20H20N4O3S. The predicted octanol–water partition coefficient (Wildman–Crippen LogP) is 2.74. The van der Waals surface area contributed by atoms with E-state index in [9.17, 15) is 13.2 Å². The molecule has 28 heavy (non-hydrogen) atoms. The lowest BCUT2D eigenvalue weighted by atomic mass is 10.2. The van der Waals surface area contributed by atoms with Crippen molar-refractivity contribution in [1.29, 1.82) is 0 Å². The van der Waals surface area contributed by atoms with Gasteiger partial charge in [0.2, 0.25) is 10.0 Å². The number of rotatable bonds is 5. The van der Waals surface area contributed by atoms with Gasteiger partial charge in [-0.2, -0.15) is 0 Å². The maximum atomic E-state index is 12.7. The van der Waals surface area contributed by atoms with Crippen LogP contribution < -0.4 is 10.4 Å². The highest BCUT2D eigenvalue weighted by Crippen LogP contribution is 2.21. The molecule has 0 spiro atoms. The standard InChI is InChI=1S/C20H20N4O3S/c1-13-10-15(14(2)24(13)16-6-4-3-5-7-16)12-21-28(26,27)17-8-9-18-19(11-17)23-20(25)22-18/h3-11,21H,12H2,1-2H3,(H2,22,23,25). The Kier molecular flexibility index (Phi) is 4.44. The van der Waals surface area contributed by atoms with Gasteiger partial charge in [-0.15, -0.1) is 0 Å². The van der Waals surface area contributed by atoms with Gasteiger partial charge in [0.1, 0.15) is 0 Å². The first-order chi connectivity index (χ1) is 13.3. The molecule has 0 fully saturated rings. The van der Waals surface area contributed by atoms with Crippen LogP contribution in [0.5, 0.6) is 0 Å². The smallest absolute Gasteiger partial charge is 0.318 e. The minimum atomic E-state index is -3.72. The lowest BCUT2D eigenvalue weighted by Crippen LogP contribution is -2.23. The van der Waals surface area contributed by atoms with Crippen LogP contribution in [0.4, 0.5) is 0 Å². The molecule has 2 heterocycles. The summed E-state index contributed by atoms with van der Waals surface area (Å²) in [7, 11) is -3.72. The summed E-state index contributed by atoms with van der Waals surface area (Å²) < 4.78 is 30.2. The quantitative estimate of drug-likeness (QED) is 0.484. The molecule has 0 aliphatic rings. The van der Waals surface area contributed by atoms with Gasteiger partial charge in [-0.3, -0.25) is 0 Å². The van der Waals surface area contributed by atoms with Crippen molar-refractivity contribution in [1.82, 2.24) is 19.3 Å². The second kappa shape index (κ2) is 6.81. The Morgan fingerprint density at radius 1 is 0.964 bits per heavy atom. The summed E-state index contributed by atoms with van der Waals surface area (Å²) in [5.41, 5.74) is 4.60. The first-order valence-electron chi connectivity index (χ1n) is 8.80. The van der Waals surface area contributed by atoms with Gasteiger partial charge in [-0.05, 0) is 55.8 Å². The third kappa shape index (κ3) is 3.28. The maximum absolute atomic E-state index is 12.7. The van der Waals surface area contributed by atoms with E-state index < -0.39 is 10.0 Å². The molecule has 4 aromatic rings. The summed E-state index contributed by atoms with van der Waals surface area (Å²) in [5, 5.41) is 0. The fourth-order valence-electron chi connectivity index (χ4n) is 3.42. The Labute approximate surface area is 162 Å². The van der Waals surface area contributed by atoms with Crippen LogP contribution in [0, 0.1) is 13.8 Å². The molecule has 0 radical (unpaired) electrons. The van der Waals surface area contributed by atoms with Gasteiger partial charge in [-0.1, -0.05) is 18.2 Å². The summed E-state index contributed by atoms with van der Waals surface area (Å²) >= 11 is 0. The Bertz CT molecular complexity index is 1310. The predicted molar refractivity (Wildman–Crippen MR) is 108 cm³/mol. The highest BCUT2D eigenvalue weighted by Gasteiger charge is 2.17. The van der Waals surface area contributed by atoms with E-state index in [0.717, 1.165) is 22.6 Å². The van der Waals surface area contributed by atoms with Gasteiger partial charge < -0.3 is 14.5 Å². The Balaban J connectivity index is 1.60. The molecule has 8 heteroatoms. The van der Waals surface area contributed by atoms with Crippen LogP contribution in [0.3, 0.4) is 0 Å². The number of benzene rings is 2. The van der Waals surface area contributed by atoms with Crippen LogP contribution >= 0.6 is 0 Å². The van der Waals surface area contributed by atoms with Crippen molar-refractivity contribution in [2.75, 3.05) is 0 Å². The van der Waals surface area contributed by atoms with E-state index in [-0.39, 0.29) is 17.1 Å². The Hall–Kier alpha value is -3.10. The molecular weight excluding hydrogens is 376 g/mol. The normalized spacial score (nSPS) is 11.9. The second-order valence-corrected chi connectivity index (χ2v) is 8.45. The number of nitrogens with zero attached hydrogens (tertiary/aromatic N) is 1. The number of hydrogen-bond donors (Lipinski definition) is 3. The number of hydrogen-bond acceptors (Lipinski definition) is 3. The average Bonchev–Trinajstić information content (AvgIpc) is 3.18. The lowest BCUT2D eigenvalue weighted by Gasteiger charge is -2.10. The molecule has 0 saturated carbocycles. The molecule has 4 rings (SSSR count). The number of aromatic amines is 2. The second-order valence-electron chi connectivity index (χ2n) is 6.68. The van der Waals surface area contributed by atoms with E-state index in [1.807, 2.05) is 50.2 Å². The Morgan fingerprint density at radius 3 is 2.43 bits per heavy atom. The number of H-pyrrole nitrogens is 2. The molecule has 144 valence electrons. The average molecular weight is 396 g/mol. The zero-order chi connectivity index (χ0) is 19.9. The van der Waals surface area contributed by atoms with Crippen LogP contribution in [0.2, 0.25) is 0 Å². The maximum Gasteiger partial charge on any atom is 0.323 e. The zero-order valence-electron chi connectivity index (χ0n) is 15.5. The lowest BCUT2D eigenvalue weighted by molar-refractivity contribution is 0.581. The van der Waals surface area contributed by atoms with Crippen molar-refractivity contribution in [2.24, 2.45) is 0 Å². The summed E-state index contributed by atoms with van der Waals surface area (Å²) in [6.45, 7) is 4.14. The molecule has 0 aliphatic heterocycles. The molecule has 0 atom stereocenters. The topological polar surface area (TPSA) is 99.8 Å². The van der Waals surface area contributed by atoms with Gasteiger partial charge in [0, 0.05) is 23.6 Å². The third-order valence-corrected chi connectivity index (χ3v) is 6.20. The summed E-state index contributed by atoms with van der Waals surface area (Å²) in [6.07, 6.45) is 0. The van der Waals surface area contributed by atoms with Crippen molar-refractivity contribution in [2.45, 2.75) is 25.3 Å². The summed E-state index contributed by atoms with van der Waals surface area (Å²) in [4.78, 5) is 16.6. The summed E-state index contributed by atoms with van der Waals surface area (Å²) in [6, 6.07) is 16.4. The number of aryl methyl sites for hydroxylation is 1. The van der Waals surface area contributed by atoms with Crippen LogP contribution in [0.1, 0.15) is 17.0 Å². The number of nitrogens with one attached hydrogen (secondary N) is 3. The van der Waals surface area contributed by atoms with Crippen molar-refractivity contribution < 1.29 is 8.42 Å². The molecule has 7 nitrogen and oxygen atoms in total. The fourth-order valence-corrected chi connectivity index (χ4v) is 4.45. The van der Waals surface area contributed by atoms with E-state index in [1.54, 1.807) is 6.07 Å². The largest absolute Gasteiger partial charge is 0.323 e. The number of imidazole rings is 1. The molecule has 0 unspecified atom stereocenters. The SMILES string of the molecule is Cc1cc(CNS(=O)(=O)c2ccc3[nH]c(=O)[nH]c3c2)c(C)n1-c1ccccc1. The van der Waals surface area contributed by atoms with Crippen LogP contribution in [0.15, 0.2) is 64.3 Å². The van der Waals surface area contributed by atoms with E-state index in [1.165, 1.54) is 12.1 Å². The van der Waals surface area contributed by atoms with Crippen LogP contribution in [0.25, 0.3) is 16.7 Å². The highest BCUT2D eigenvalue weighted by molar-refractivity contribution is 7.89. The molecule has 0 saturated heterocycles. The molecule has 0 amide bonds. The van der Waals surface area contributed by atoms with Gasteiger partial charge in [0.05, 0.1) is 15.9 Å². The van der Waals surface area contributed by atoms with Gasteiger partial charge >= 0.3 is 5.69 Å². The van der Waals surface area contributed by atoms with Crippen molar-refractivity contribution in [3.63, 3.8) is 0 Å². The highest BCUT2D eigenvalue weighted by atomic mass is 32.2. The van der Waals surface area contributed by atoms with Gasteiger partial charge in [0.15, 0.2) is 0 Å². The first kappa shape index (κ1) is 18.3. The van der Waals surface area contributed by atoms with Gasteiger partial charge in [-0.25, -0.2) is 17.9 Å². The van der Waals surface area contributed by atoms with Crippen molar-refractivity contribution >= 4 is 21.1 Å². The monoisotopic (exact) mass is 396 g/mol. The number of aromatic nitrogens is 3. The Morgan fingerprint density at radius 2 is 1.68 bits per heavy atom. The molecule has 2 aromatic carbocycles. The van der Waals surface area contributed by atoms with Gasteiger partial charge in [0.25, 0.3) is 0 Å². The van der Waals surface area contributed by atoms with E-state index >= 15 is 0 Å². The van der Waals surface area contributed by atoms with E-state index in [2.05, 4.69) is 19.3 Å². The molecule has 0 aliphatic carbocycles. The molecule has 3 N–H and O–H groups in total. The first-order valence-corrected chi connectivity index (χ1v) is 10.3. The van der Waals surface area contributed by atoms with Crippen LogP contribution in [-0.2, 0) is 16.6 Å². The molecule has 2 aromatic heterocycles. The fraction of sp³-hybridized carbons (Fsp3) is 0.150. The van der Waals surface area contributed by atoms with E-state index in [0.29, 0.717) is 11.0 Å². The van der Waals surface area contributed by atoms with Crippen molar-refractivity contribution in [3.05, 3.63) is 82.0 Å². The third-order valence-electron chi connectivity index (χ3n) is 4.80. The number of fused-ring (bicyclic) bond motifs is 1. The van der Waals surface area contributed by atoms with Crippen LogP contribution in [-0.4, -0.2) is 23.0 Å². The minimum Gasteiger partial charge on any atom is -0.318 e.